The number of ether oxygens (including phenoxy) is 1. The van der Waals surface area contributed by atoms with E-state index in [0.29, 0.717) is 4.48 Å². The van der Waals surface area contributed by atoms with Crippen molar-refractivity contribution >= 4 is 5.57 Å². The monoisotopic (exact) mass is 336 g/mol. The van der Waals surface area contributed by atoms with E-state index in [9.17, 15) is 22.0 Å². The normalized spacial score (nSPS) is 17.7. The molecular formula is C16H19F5NO+. The second kappa shape index (κ2) is 6.86. The molecular weight excluding hydrogens is 317 g/mol. The molecule has 0 aliphatic carbocycles. The van der Waals surface area contributed by atoms with Crippen LogP contribution in [0.4, 0.5) is 22.0 Å². The zero-order valence-corrected chi connectivity index (χ0v) is 12.8. The maximum Gasteiger partial charge on any atom is 0.573 e. The number of piperidine rings is 1. The summed E-state index contributed by atoms with van der Waals surface area (Å²) in [6.07, 6.45) is -3.69. The number of alkyl halides is 3. The molecule has 0 atom stereocenters. The standard InChI is InChI=1S/C16H19F5NO/c1-22(8-3-2-4-9-22)11-14(15(17)18)12-6-5-7-13(10-12)23-16(19,20)21/h5-7,10H,2-4,8-9,11H2,1H3/q+1. The summed E-state index contributed by atoms with van der Waals surface area (Å²) in [7, 11) is 1.90. The molecule has 0 spiro atoms. The Balaban J connectivity index is 2.25. The predicted octanol–water partition coefficient (Wildman–Crippen LogP) is 4.82. The summed E-state index contributed by atoms with van der Waals surface area (Å²) < 4.78 is 67.9. The van der Waals surface area contributed by atoms with Gasteiger partial charge >= 0.3 is 6.36 Å². The van der Waals surface area contributed by atoms with E-state index in [1.165, 1.54) is 12.1 Å². The van der Waals surface area contributed by atoms with Crippen molar-refractivity contribution in [1.82, 2.24) is 0 Å². The van der Waals surface area contributed by atoms with Crippen molar-refractivity contribution < 1.29 is 31.2 Å². The molecule has 0 radical (unpaired) electrons. The molecule has 23 heavy (non-hydrogen) atoms. The van der Waals surface area contributed by atoms with E-state index in [0.717, 1.165) is 44.5 Å². The van der Waals surface area contributed by atoms with Crippen molar-refractivity contribution in [3.05, 3.63) is 35.9 Å². The van der Waals surface area contributed by atoms with E-state index < -0.39 is 18.2 Å². The van der Waals surface area contributed by atoms with Gasteiger partial charge in [0.2, 0.25) is 0 Å². The molecule has 1 aliphatic heterocycles. The van der Waals surface area contributed by atoms with Gasteiger partial charge in [0.25, 0.3) is 6.08 Å². The SMILES string of the molecule is C[N+]1(CC(=C(F)F)c2cccc(OC(F)(F)F)c2)CCCCC1. The molecule has 1 aromatic carbocycles. The highest BCUT2D eigenvalue weighted by Crippen LogP contribution is 2.30. The van der Waals surface area contributed by atoms with Gasteiger partial charge in [0, 0.05) is 0 Å². The molecule has 2 nitrogen and oxygen atoms in total. The minimum atomic E-state index is -4.85. The lowest BCUT2D eigenvalue weighted by Gasteiger charge is -2.38. The number of likely N-dealkylation sites (N-methyl/N-ethyl adjacent to an activating group) is 1. The van der Waals surface area contributed by atoms with Crippen LogP contribution in [0.2, 0.25) is 0 Å². The van der Waals surface area contributed by atoms with Gasteiger partial charge in [-0.25, -0.2) is 0 Å². The molecule has 7 heteroatoms. The number of hydrogen-bond donors (Lipinski definition) is 0. The smallest absolute Gasteiger partial charge is 0.406 e. The Morgan fingerprint density at radius 3 is 2.35 bits per heavy atom. The van der Waals surface area contributed by atoms with Crippen LogP contribution in [0.1, 0.15) is 24.8 Å². The van der Waals surface area contributed by atoms with Gasteiger partial charge in [0.15, 0.2) is 0 Å². The molecule has 1 fully saturated rings. The van der Waals surface area contributed by atoms with Crippen LogP contribution in [0.25, 0.3) is 5.57 Å². The van der Waals surface area contributed by atoms with E-state index in [2.05, 4.69) is 4.74 Å². The highest BCUT2D eigenvalue weighted by molar-refractivity contribution is 5.68. The van der Waals surface area contributed by atoms with Gasteiger partial charge in [-0.3, -0.25) is 0 Å². The number of quaternary nitrogens is 1. The Kier molecular flexibility index (Phi) is 5.29. The molecule has 2 rings (SSSR count). The lowest BCUT2D eigenvalue weighted by atomic mass is 10.0. The molecule has 0 N–H and O–H groups in total. The summed E-state index contributed by atoms with van der Waals surface area (Å²) in [6, 6.07) is 4.78. The first-order valence-electron chi connectivity index (χ1n) is 7.42. The molecule has 1 heterocycles. The van der Waals surface area contributed by atoms with E-state index >= 15 is 0 Å². The summed E-state index contributed by atoms with van der Waals surface area (Å²) in [4.78, 5) is 0. The lowest BCUT2D eigenvalue weighted by molar-refractivity contribution is -0.906. The van der Waals surface area contributed by atoms with E-state index in [4.69, 9.17) is 0 Å². The van der Waals surface area contributed by atoms with Gasteiger partial charge in [-0.1, -0.05) is 12.1 Å². The minimum Gasteiger partial charge on any atom is -0.406 e. The van der Waals surface area contributed by atoms with Crippen molar-refractivity contribution in [2.75, 3.05) is 26.7 Å². The minimum absolute atomic E-state index is 0.0664. The number of hydrogen-bond acceptors (Lipinski definition) is 1. The second-order valence-electron chi connectivity index (χ2n) is 6.10. The van der Waals surface area contributed by atoms with Crippen LogP contribution in [-0.4, -0.2) is 37.5 Å². The number of benzene rings is 1. The first-order chi connectivity index (χ1) is 10.7. The van der Waals surface area contributed by atoms with Crippen LogP contribution >= 0.6 is 0 Å². The van der Waals surface area contributed by atoms with Gasteiger partial charge in [-0.2, -0.15) is 8.78 Å². The number of nitrogens with zero attached hydrogens (tertiary/aromatic N) is 1. The van der Waals surface area contributed by atoms with Gasteiger partial charge in [-0.05, 0) is 37.0 Å². The van der Waals surface area contributed by atoms with E-state index in [1.807, 2.05) is 7.05 Å². The number of halogens is 5. The summed E-state index contributed by atoms with van der Waals surface area (Å²) in [5, 5.41) is 0. The molecule has 0 bridgehead atoms. The highest BCUT2D eigenvalue weighted by atomic mass is 19.4. The van der Waals surface area contributed by atoms with Gasteiger partial charge in [-0.15, -0.1) is 13.2 Å². The van der Waals surface area contributed by atoms with Gasteiger partial charge < -0.3 is 9.22 Å². The number of likely N-dealkylation sites (tertiary alicyclic amines) is 1. The third kappa shape index (κ3) is 5.20. The maximum absolute atomic E-state index is 13.4. The molecule has 0 unspecified atom stereocenters. The third-order valence-corrected chi connectivity index (χ3v) is 4.08. The fraction of sp³-hybridized carbons (Fsp3) is 0.500. The average molecular weight is 336 g/mol. The van der Waals surface area contributed by atoms with Crippen LogP contribution in [-0.2, 0) is 0 Å². The molecule has 1 aliphatic rings. The van der Waals surface area contributed by atoms with Crippen LogP contribution in [0.3, 0.4) is 0 Å². The van der Waals surface area contributed by atoms with E-state index in [-0.39, 0.29) is 17.7 Å². The topological polar surface area (TPSA) is 9.23 Å². The third-order valence-electron chi connectivity index (χ3n) is 4.08. The Labute approximate surface area is 131 Å². The maximum atomic E-state index is 13.4. The van der Waals surface area contributed by atoms with Crippen molar-refractivity contribution in [3.8, 4) is 5.75 Å². The molecule has 0 aromatic heterocycles. The van der Waals surface area contributed by atoms with Gasteiger partial charge in [0.05, 0.1) is 25.7 Å². The molecule has 0 saturated carbocycles. The fourth-order valence-corrected chi connectivity index (χ4v) is 2.96. The quantitative estimate of drug-likeness (QED) is 0.566. The second-order valence-corrected chi connectivity index (χ2v) is 6.10. The Morgan fingerprint density at radius 1 is 1.13 bits per heavy atom. The zero-order chi connectivity index (χ0) is 17.1. The van der Waals surface area contributed by atoms with Crippen LogP contribution in [0.5, 0.6) is 5.75 Å². The number of rotatable bonds is 4. The van der Waals surface area contributed by atoms with Crippen LogP contribution in [0.15, 0.2) is 30.3 Å². The van der Waals surface area contributed by atoms with Crippen LogP contribution in [0, 0.1) is 0 Å². The molecule has 128 valence electrons. The van der Waals surface area contributed by atoms with Crippen LogP contribution < -0.4 is 4.74 Å². The van der Waals surface area contributed by atoms with Gasteiger partial charge in [0.1, 0.15) is 12.3 Å². The van der Waals surface area contributed by atoms with Crippen molar-refractivity contribution in [2.45, 2.75) is 25.6 Å². The summed E-state index contributed by atoms with van der Waals surface area (Å²) in [5.74, 6) is -0.491. The highest BCUT2D eigenvalue weighted by Gasteiger charge is 2.32. The Morgan fingerprint density at radius 2 is 1.78 bits per heavy atom. The lowest BCUT2D eigenvalue weighted by Crippen LogP contribution is -2.48. The molecule has 1 saturated heterocycles. The largest absolute Gasteiger partial charge is 0.573 e. The summed E-state index contributed by atoms with van der Waals surface area (Å²) in [5.41, 5.74) is -0.154. The van der Waals surface area contributed by atoms with E-state index in [1.54, 1.807) is 0 Å². The van der Waals surface area contributed by atoms with Crippen molar-refractivity contribution in [1.29, 1.82) is 0 Å². The summed E-state index contributed by atoms with van der Waals surface area (Å²) >= 11 is 0. The predicted molar refractivity (Wildman–Crippen MR) is 76.9 cm³/mol. The van der Waals surface area contributed by atoms with Crippen molar-refractivity contribution in [3.63, 3.8) is 0 Å². The zero-order valence-electron chi connectivity index (χ0n) is 12.8. The molecule has 0 amide bonds. The fourth-order valence-electron chi connectivity index (χ4n) is 2.96. The molecule has 1 aromatic rings. The Bertz CT molecular complexity index is 572. The summed E-state index contributed by atoms with van der Waals surface area (Å²) in [6.45, 7) is 1.67. The van der Waals surface area contributed by atoms with Crippen molar-refractivity contribution in [2.24, 2.45) is 0 Å². The Hall–Kier alpha value is -1.63. The first-order valence-corrected chi connectivity index (χ1v) is 7.42. The first kappa shape index (κ1) is 17.7. The average Bonchev–Trinajstić information content (AvgIpc) is 2.44.